The molecule has 2 nitrogen and oxygen atoms in total. The van der Waals surface area contributed by atoms with Gasteiger partial charge in [-0.1, -0.05) is 0 Å². The van der Waals surface area contributed by atoms with E-state index >= 15 is 0 Å². The molecule has 2 rings (SSSR count). The van der Waals surface area contributed by atoms with Crippen LogP contribution >= 0.6 is 0 Å². The molecule has 0 aromatic heterocycles. The van der Waals surface area contributed by atoms with Gasteiger partial charge in [0.25, 0.3) is 0 Å². The highest BCUT2D eigenvalue weighted by molar-refractivity contribution is 5.82. The minimum Gasteiger partial charge on any atom is -0.375 e. The van der Waals surface area contributed by atoms with Crippen molar-refractivity contribution in [2.75, 3.05) is 6.61 Å². The second-order valence-electron chi connectivity index (χ2n) is 3.35. The molecule has 0 aromatic rings. The van der Waals surface area contributed by atoms with E-state index in [4.69, 9.17) is 4.74 Å². The molecule has 10 heavy (non-hydrogen) atoms. The molecule has 0 aromatic carbocycles. The number of rotatable bonds is 0. The minimum atomic E-state index is 0.0110. The van der Waals surface area contributed by atoms with Gasteiger partial charge in [0.1, 0.15) is 5.78 Å². The maximum absolute atomic E-state index is 10.9. The fourth-order valence-electron chi connectivity index (χ4n) is 2.00. The van der Waals surface area contributed by atoms with Crippen molar-refractivity contribution in [3.8, 4) is 0 Å². The van der Waals surface area contributed by atoms with Gasteiger partial charge in [0.05, 0.1) is 5.60 Å². The summed E-state index contributed by atoms with van der Waals surface area (Å²) in [6, 6.07) is 0. The molecule has 1 saturated heterocycles. The molecule has 0 bridgehead atoms. The van der Waals surface area contributed by atoms with Gasteiger partial charge >= 0.3 is 0 Å². The van der Waals surface area contributed by atoms with Crippen molar-refractivity contribution in [3.05, 3.63) is 0 Å². The van der Waals surface area contributed by atoms with Crippen LogP contribution in [0.4, 0.5) is 0 Å². The SMILES string of the molecule is O=C1CCC2(CCCO2)C1. The van der Waals surface area contributed by atoms with Crippen LogP contribution in [-0.2, 0) is 9.53 Å². The zero-order valence-corrected chi connectivity index (χ0v) is 6.06. The monoisotopic (exact) mass is 140 g/mol. The van der Waals surface area contributed by atoms with E-state index in [1.54, 1.807) is 0 Å². The molecular weight excluding hydrogens is 128 g/mol. The molecule has 1 atom stereocenters. The summed E-state index contributed by atoms with van der Waals surface area (Å²) in [7, 11) is 0. The zero-order valence-electron chi connectivity index (χ0n) is 6.06. The van der Waals surface area contributed by atoms with Gasteiger partial charge < -0.3 is 4.74 Å². The Labute approximate surface area is 60.6 Å². The summed E-state index contributed by atoms with van der Waals surface area (Å²) < 4.78 is 5.55. The van der Waals surface area contributed by atoms with Gasteiger partial charge in [-0.2, -0.15) is 0 Å². The third-order valence-electron chi connectivity index (χ3n) is 2.56. The van der Waals surface area contributed by atoms with Crippen molar-refractivity contribution >= 4 is 5.78 Å². The number of Topliss-reactive ketones (excluding diaryl/α,β-unsaturated/α-hetero) is 1. The van der Waals surface area contributed by atoms with Crippen molar-refractivity contribution in [1.29, 1.82) is 0 Å². The van der Waals surface area contributed by atoms with Crippen LogP contribution in [0.15, 0.2) is 0 Å². The molecule has 1 saturated carbocycles. The molecule has 2 fully saturated rings. The van der Waals surface area contributed by atoms with Gasteiger partial charge in [-0.15, -0.1) is 0 Å². The summed E-state index contributed by atoms with van der Waals surface area (Å²) in [4.78, 5) is 10.9. The largest absolute Gasteiger partial charge is 0.375 e. The molecule has 56 valence electrons. The fourth-order valence-corrected chi connectivity index (χ4v) is 2.00. The molecule has 2 aliphatic rings. The summed E-state index contributed by atoms with van der Waals surface area (Å²) >= 11 is 0. The average Bonchev–Trinajstić information content (AvgIpc) is 2.46. The maximum atomic E-state index is 10.9. The highest BCUT2D eigenvalue weighted by Gasteiger charge is 2.41. The van der Waals surface area contributed by atoms with Crippen LogP contribution in [0.25, 0.3) is 0 Å². The number of ether oxygens (including phenoxy) is 1. The topological polar surface area (TPSA) is 26.3 Å². The molecule has 1 unspecified atom stereocenters. The molecule has 0 radical (unpaired) electrons. The quantitative estimate of drug-likeness (QED) is 0.506. The summed E-state index contributed by atoms with van der Waals surface area (Å²) in [6.07, 6.45) is 4.67. The minimum absolute atomic E-state index is 0.0110. The summed E-state index contributed by atoms with van der Waals surface area (Å²) in [6.45, 7) is 0.868. The Bertz CT molecular complexity index is 157. The number of carbonyl (C=O) groups is 1. The van der Waals surface area contributed by atoms with E-state index in [1.165, 1.54) is 0 Å². The van der Waals surface area contributed by atoms with Crippen LogP contribution < -0.4 is 0 Å². The van der Waals surface area contributed by atoms with Crippen LogP contribution in [0.5, 0.6) is 0 Å². The van der Waals surface area contributed by atoms with Crippen molar-refractivity contribution in [1.82, 2.24) is 0 Å². The number of ketones is 1. The Morgan fingerprint density at radius 1 is 1.40 bits per heavy atom. The van der Waals surface area contributed by atoms with Crippen LogP contribution in [0.3, 0.4) is 0 Å². The molecule has 1 heterocycles. The van der Waals surface area contributed by atoms with Crippen molar-refractivity contribution in [2.24, 2.45) is 0 Å². The Morgan fingerprint density at radius 3 is 2.80 bits per heavy atom. The third-order valence-corrected chi connectivity index (χ3v) is 2.56. The van der Waals surface area contributed by atoms with Crippen molar-refractivity contribution in [2.45, 2.75) is 37.7 Å². The van der Waals surface area contributed by atoms with E-state index < -0.39 is 0 Å². The van der Waals surface area contributed by atoms with Crippen LogP contribution in [-0.4, -0.2) is 18.0 Å². The molecule has 2 heteroatoms. The fraction of sp³-hybridized carbons (Fsp3) is 0.875. The third kappa shape index (κ3) is 0.870. The number of hydrogen-bond acceptors (Lipinski definition) is 2. The first-order valence-corrected chi connectivity index (χ1v) is 3.96. The first-order valence-electron chi connectivity index (χ1n) is 3.96. The van der Waals surface area contributed by atoms with Gasteiger partial charge in [0.2, 0.25) is 0 Å². The van der Waals surface area contributed by atoms with E-state index in [1.807, 2.05) is 0 Å². The lowest BCUT2D eigenvalue weighted by molar-refractivity contribution is -0.119. The summed E-state index contributed by atoms with van der Waals surface area (Å²) in [5, 5.41) is 0. The molecule has 1 aliphatic carbocycles. The number of hydrogen-bond donors (Lipinski definition) is 0. The van der Waals surface area contributed by atoms with Gasteiger partial charge in [-0.05, 0) is 19.3 Å². The molecule has 1 aliphatic heterocycles. The van der Waals surface area contributed by atoms with Gasteiger partial charge in [-0.3, -0.25) is 4.79 Å². The average molecular weight is 140 g/mol. The second kappa shape index (κ2) is 2.06. The maximum Gasteiger partial charge on any atom is 0.135 e. The van der Waals surface area contributed by atoms with Crippen LogP contribution in [0, 0.1) is 0 Å². The zero-order chi connectivity index (χ0) is 7.03. The smallest absolute Gasteiger partial charge is 0.135 e. The molecule has 1 spiro atoms. The predicted octanol–water partition coefficient (Wildman–Crippen LogP) is 1.29. The summed E-state index contributed by atoms with van der Waals surface area (Å²) in [5.41, 5.74) is 0.0110. The highest BCUT2D eigenvalue weighted by Crippen LogP contribution is 2.38. The van der Waals surface area contributed by atoms with E-state index in [9.17, 15) is 4.79 Å². The Hall–Kier alpha value is -0.370. The highest BCUT2D eigenvalue weighted by atomic mass is 16.5. The predicted molar refractivity (Wildman–Crippen MR) is 36.8 cm³/mol. The second-order valence-corrected chi connectivity index (χ2v) is 3.35. The van der Waals surface area contributed by atoms with Crippen molar-refractivity contribution < 1.29 is 9.53 Å². The molecule has 0 amide bonds. The summed E-state index contributed by atoms with van der Waals surface area (Å²) in [5.74, 6) is 0.391. The Kier molecular flexibility index (Phi) is 1.31. The standard InChI is InChI=1S/C8H12O2/c9-7-2-4-8(6-7)3-1-5-10-8/h1-6H2. The lowest BCUT2D eigenvalue weighted by Crippen LogP contribution is -2.23. The first kappa shape index (κ1) is 6.35. The van der Waals surface area contributed by atoms with Crippen LogP contribution in [0.1, 0.15) is 32.1 Å². The van der Waals surface area contributed by atoms with Crippen molar-refractivity contribution in [3.63, 3.8) is 0 Å². The lowest BCUT2D eigenvalue weighted by Gasteiger charge is -2.19. The van der Waals surface area contributed by atoms with Gasteiger partial charge in [0.15, 0.2) is 0 Å². The van der Waals surface area contributed by atoms with E-state index in [-0.39, 0.29) is 5.60 Å². The lowest BCUT2D eigenvalue weighted by atomic mass is 9.99. The Morgan fingerprint density at radius 2 is 2.30 bits per heavy atom. The van der Waals surface area contributed by atoms with Gasteiger partial charge in [0, 0.05) is 19.4 Å². The Balaban J connectivity index is 2.09. The van der Waals surface area contributed by atoms with Crippen LogP contribution in [0.2, 0.25) is 0 Å². The molecular formula is C8H12O2. The van der Waals surface area contributed by atoms with E-state index in [0.29, 0.717) is 12.2 Å². The van der Waals surface area contributed by atoms with E-state index in [2.05, 4.69) is 0 Å². The first-order chi connectivity index (χ1) is 4.81. The number of carbonyl (C=O) groups excluding carboxylic acids is 1. The normalized spacial score (nSPS) is 39.8. The van der Waals surface area contributed by atoms with E-state index in [0.717, 1.165) is 32.3 Å². The molecule has 0 N–H and O–H groups in total. The van der Waals surface area contributed by atoms with Gasteiger partial charge in [-0.25, -0.2) is 0 Å².